The van der Waals surface area contributed by atoms with Gasteiger partial charge in [0.1, 0.15) is 5.54 Å². The summed E-state index contributed by atoms with van der Waals surface area (Å²) < 4.78 is 0.961. The first-order chi connectivity index (χ1) is 8.76. The molecule has 0 saturated carbocycles. The first-order valence-corrected chi connectivity index (χ1v) is 6.79. The molecule has 0 unspecified atom stereocenters. The van der Waals surface area contributed by atoms with Crippen molar-refractivity contribution in [2.75, 3.05) is 7.05 Å². The van der Waals surface area contributed by atoms with Crippen LogP contribution >= 0.6 is 15.9 Å². The summed E-state index contributed by atoms with van der Waals surface area (Å²) >= 11 is 3.43. The quantitative estimate of drug-likeness (QED) is 0.904. The monoisotopic (exact) mass is 327 g/mol. The zero-order valence-corrected chi connectivity index (χ0v) is 12.9. The minimum atomic E-state index is -1.19. The molecule has 0 spiro atoms. The zero-order chi connectivity index (χ0) is 14.6. The number of benzene rings is 1. The van der Waals surface area contributed by atoms with Crippen molar-refractivity contribution >= 4 is 27.8 Å². The number of rotatable bonds is 5. The summed E-state index contributed by atoms with van der Waals surface area (Å²) in [6.45, 7) is 3.04. The van der Waals surface area contributed by atoms with Crippen LogP contribution in [0.3, 0.4) is 0 Å². The number of likely N-dealkylation sites (N-methyl/N-ethyl adjacent to an activating group) is 1. The summed E-state index contributed by atoms with van der Waals surface area (Å²) in [4.78, 5) is 24.4. The van der Waals surface area contributed by atoms with Gasteiger partial charge in [0.05, 0.1) is 0 Å². The summed E-state index contributed by atoms with van der Waals surface area (Å²) in [7, 11) is 1.52. The number of amides is 1. The molecule has 0 aromatic heterocycles. The number of carbonyl (C=O) groups is 2. The summed E-state index contributed by atoms with van der Waals surface area (Å²) in [5.41, 5.74) is -0.150. The van der Waals surface area contributed by atoms with Gasteiger partial charge in [-0.05, 0) is 31.9 Å². The number of halogens is 1. The molecule has 104 valence electrons. The van der Waals surface area contributed by atoms with E-state index in [0.717, 1.165) is 10.0 Å². The van der Waals surface area contributed by atoms with Gasteiger partial charge in [-0.1, -0.05) is 34.1 Å². The van der Waals surface area contributed by atoms with Crippen molar-refractivity contribution in [1.29, 1.82) is 0 Å². The molecule has 4 nitrogen and oxygen atoms in total. The van der Waals surface area contributed by atoms with Gasteiger partial charge >= 0.3 is 5.97 Å². The van der Waals surface area contributed by atoms with Crippen LogP contribution in [0.4, 0.5) is 0 Å². The van der Waals surface area contributed by atoms with Gasteiger partial charge in [-0.3, -0.25) is 4.79 Å². The molecule has 0 aliphatic carbocycles. The third-order valence-electron chi connectivity index (χ3n) is 3.30. The van der Waals surface area contributed by atoms with E-state index in [9.17, 15) is 9.59 Å². The van der Waals surface area contributed by atoms with Gasteiger partial charge in [-0.15, -0.1) is 0 Å². The van der Waals surface area contributed by atoms with Gasteiger partial charge in [-0.2, -0.15) is 0 Å². The maximum atomic E-state index is 12.0. The van der Waals surface area contributed by atoms with Crippen molar-refractivity contribution in [3.63, 3.8) is 0 Å². The van der Waals surface area contributed by atoms with Crippen LogP contribution in [0.25, 0.3) is 0 Å². The Kier molecular flexibility index (Phi) is 5.11. The normalized spacial score (nSPS) is 11.2. The maximum absolute atomic E-state index is 12.0. The van der Waals surface area contributed by atoms with Gasteiger partial charge in [-0.25, -0.2) is 4.79 Å². The first kappa shape index (κ1) is 15.7. The van der Waals surface area contributed by atoms with Crippen molar-refractivity contribution < 1.29 is 14.7 Å². The second kappa shape index (κ2) is 6.19. The molecule has 1 amide bonds. The fourth-order valence-electron chi connectivity index (χ4n) is 1.57. The molecule has 0 saturated heterocycles. The summed E-state index contributed by atoms with van der Waals surface area (Å²) in [6, 6.07) is 7.69. The molecule has 1 aromatic rings. The van der Waals surface area contributed by atoms with Gasteiger partial charge in [0.2, 0.25) is 5.91 Å². The van der Waals surface area contributed by atoms with E-state index in [2.05, 4.69) is 15.9 Å². The lowest BCUT2D eigenvalue weighted by Gasteiger charge is -2.31. The number of carbonyl (C=O) groups excluding carboxylic acids is 1. The van der Waals surface area contributed by atoms with E-state index in [0.29, 0.717) is 6.42 Å². The van der Waals surface area contributed by atoms with Crippen LogP contribution in [0.2, 0.25) is 0 Å². The van der Waals surface area contributed by atoms with E-state index in [1.807, 2.05) is 24.3 Å². The Labute approximate surface area is 121 Å². The van der Waals surface area contributed by atoms with E-state index in [4.69, 9.17) is 5.11 Å². The molecule has 5 heteroatoms. The number of aryl methyl sites for hydroxylation is 1. The van der Waals surface area contributed by atoms with Gasteiger partial charge in [0.15, 0.2) is 0 Å². The van der Waals surface area contributed by atoms with E-state index in [1.165, 1.54) is 25.8 Å². The predicted molar refractivity (Wildman–Crippen MR) is 76.9 cm³/mol. The highest BCUT2D eigenvalue weighted by atomic mass is 79.9. The third kappa shape index (κ3) is 3.80. The molecular weight excluding hydrogens is 310 g/mol. The molecule has 0 atom stereocenters. The fraction of sp³-hybridized carbons (Fsp3) is 0.429. The highest BCUT2D eigenvalue weighted by Crippen LogP contribution is 2.19. The minimum absolute atomic E-state index is 0.178. The average molecular weight is 328 g/mol. The van der Waals surface area contributed by atoms with Crippen LogP contribution in [0.15, 0.2) is 28.7 Å². The predicted octanol–water partition coefficient (Wildman–Crippen LogP) is 2.70. The molecule has 0 aliphatic heterocycles. The molecule has 1 aromatic carbocycles. The van der Waals surface area contributed by atoms with Crippen LogP contribution in [-0.2, 0) is 16.0 Å². The van der Waals surface area contributed by atoms with Crippen molar-refractivity contribution in [3.05, 3.63) is 34.3 Å². The van der Waals surface area contributed by atoms with Crippen LogP contribution < -0.4 is 0 Å². The Balaban J connectivity index is 2.66. The highest BCUT2D eigenvalue weighted by Gasteiger charge is 2.34. The van der Waals surface area contributed by atoms with Gasteiger partial charge in [0, 0.05) is 17.9 Å². The Hall–Kier alpha value is -1.36. The molecule has 0 aliphatic rings. The second-order valence-corrected chi connectivity index (χ2v) is 5.76. The van der Waals surface area contributed by atoms with Gasteiger partial charge < -0.3 is 10.0 Å². The van der Waals surface area contributed by atoms with E-state index >= 15 is 0 Å². The van der Waals surface area contributed by atoms with Crippen LogP contribution in [0.1, 0.15) is 25.8 Å². The van der Waals surface area contributed by atoms with Crippen LogP contribution in [0, 0.1) is 0 Å². The standard InChI is InChI=1S/C14H18BrNO3/c1-14(2,13(18)19)16(3)12(17)9-8-10-6-4-5-7-11(10)15/h4-7H,8-9H2,1-3H3,(H,18,19). The molecule has 0 bridgehead atoms. The molecule has 0 fully saturated rings. The van der Waals surface area contributed by atoms with E-state index in [1.54, 1.807) is 0 Å². The first-order valence-electron chi connectivity index (χ1n) is 6.00. The number of carboxylic acids is 1. The summed E-state index contributed by atoms with van der Waals surface area (Å²) in [6.07, 6.45) is 0.871. The molecular formula is C14H18BrNO3. The Morgan fingerprint density at radius 3 is 2.42 bits per heavy atom. The number of aliphatic carboxylic acids is 1. The topological polar surface area (TPSA) is 57.6 Å². The maximum Gasteiger partial charge on any atom is 0.329 e. The summed E-state index contributed by atoms with van der Waals surface area (Å²) in [5, 5.41) is 9.09. The Morgan fingerprint density at radius 2 is 1.89 bits per heavy atom. The SMILES string of the molecule is CN(C(=O)CCc1ccccc1Br)C(C)(C)C(=O)O. The number of hydrogen-bond acceptors (Lipinski definition) is 2. The molecule has 0 heterocycles. The smallest absolute Gasteiger partial charge is 0.329 e. The largest absolute Gasteiger partial charge is 0.480 e. The van der Waals surface area contributed by atoms with Crippen LogP contribution in [-0.4, -0.2) is 34.5 Å². The van der Waals surface area contributed by atoms with Gasteiger partial charge in [0.25, 0.3) is 0 Å². The van der Waals surface area contributed by atoms with Crippen molar-refractivity contribution in [3.8, 4) is 0 Å². The molecule has 1 N–H and O–H groups in total. The number of nitrogens with zero attached hydrogens (tertiary/aromatic N) is 1. The van der Waals surface area contributed by atoms with Crippen molar-refractivity contribution in [2.24, 2.45) is 0 Å². The van der Waals surface area contributed by atoms with Crippen molar-refractivity contribution in [1.82, 2.24) is 4.90 Å². The average Bonchev–Trinajstić information content (AvgIpc) is 2.36. The minimum Gasteiger partial charge on any atom is -0.480 e. The van der Waals surface area contributed by atoms with E-state index < -0.39 is 11.5 Å². The Morgan fingerprint density at radius 1 is 1.32 bits per heavy atom. The molecule has 0 radical (unpaired) electrons. The number of hydrogen-bond donors (Lipinski definition) is 1. The summed E-state index contributed by atoms with van der Waals surface area (Å²) in [5.74, 6) is -1.19. The number of carboxylic acid groups (broad SMARTS) is 1. The zero-order valence-electron chi connectivity index (χ0n) is 11.3. The molecule has 1 rings (SSSR count). The molecule has 19 heavy (non-hydrogen) atoms. The third-order valence-corrected chi connectivity index (χ3v) is 4.08. The fourth-order valence-corrected chi connectivity index (χ4v) is 2.05. The lowest BCUT2D eigenvalue weighted by Crippen LogP contribution is -2.50. The Bertz CT molecular complexity index is 485. The highest BCUT2D eigenvalue weighted by molar-refractivity contribution is 9.10. The lowest BCUT2D eigenvalue weighted by atomic mass is 10.0. The van der Waals surface area contributed by atoms with Crippen LogP contribution in [0.5, 0.6) is 0 Å². The second-order valence-electron chi connectivity index (χ2n) is 4.91. The van der Waals surface area contributed by atoms with Crippen molar-refractivity contribution in [2.45, 2.75) is 32.2 Å². The van der Waals surface area contributed by atoms with E-state index in [-0.39, 0.29) is 12.3 Å². The lowest BCUT2D eigenvalue weighted by molar-refractivity contribution is -0.155.